The lowest BCUT2D eigenvalue weighted by Gasteiger charge is -2.08. The Labute approximate surface area is 130 Å². The van der Waals surface area contributed by atoms with E-state index in [1.54, 1.807) is 0 Å². The number of rotatable bonds is 15. The van der Waals surface area contributed by atoms with Crippen molar-refractivity contribution in [1.82, 2.24) is 0 Å². The van der Waals surface area contributed by atoms with Gasteiger partial charge in [0.1, 0.15) is 0 Å². The van der Waals surface area contributed by atoms with Gasteiger partial charge < -0.3 is 10.2 Å². The highest BCUT2D eigenvalue weighted by Crippen LogP contribution is 2.15. The second-order valence-electron chi connectivity index (χ2n) is 5.83. The molecular weight excluding hydrogens is 264 g/mol. The summed E-state index contributed by atoms with van der Waals surface area (Å²) in [6, 6.07) is 0. The number of carboxylic acids is 1. The summed E-state index contributed by atoms with van der Waals surface area (Å²) in [5.41, 5.74) is 0. The molecule has 0 aromatic carbocycles. The van der Waals surface area contributed by atoms with Crippen LogP contribution in [0.2, 0.25) is 0 Å². The molecule has 0 heterocycles. The summed E-state index contributed by atoms with van der Waals surface area (Å²) in [6.45, 7) is 2.27. The quantitative estimate of drug-likeness (QED) is 0.333. The standard InChI is InChI=1S/C18H34O3/c1-2-17(18(20)21)15-13-11-9-7-5-3-4-6-8-10-12-14-16-19/h3-4,17,19H,2,5-16H2,1H3,(H,20,21)/b4-3+. The molecule has 0 saturated heterocycles. The zero-order valence-electron chi connectivity index (χ0n) is 13.7. The Morgan fingerprint density at radius 3 is 1.90 bits per heavy atom. The van der Waals surface area contributed by atoms with Gasteiger partial charge in [0, 0.05) is 6.61 Å². The summed E-state index contributed by atoms with van der Waals surface area (Å²) in [7, 11) is 0. The van der Waals surface area contributed by atoms with Crippen LogP contribution in [0.5, 0.6) is 0 Å². The van der Waals surface area contributed by atoms with Crippen LogP contribution in [0.3, 0.4) is 0 Å². The summed E-state index contributed by atoms with van der Waals surface area (Å²) in [5.74, 6) is -0.782. The number of hydrogen-bond donors (Lipinski definition) is 2. The summed E-state index contributed by atoms with van der Waals surface area (Å²) in [4.78, 5) is 10.9. The molecule has 0 aromatic rings. The van der Waals surface area contributed by atoms with Gasteiger partial charge in [0.15, 0.2) is 0 Å². The van der Waals surface area contributed by atoms with E-state index in [0.717, 1.165) is 51.4 Å². The molecule has 1 atom stereocenters. The van der Waals surface area contributed by atoms with Gasteiger partial charge in [0.2, 0.25) is 0 Å². The molecule has 3 heteroatoms. The highest BCUT2D eigenvalue weighted by molar-refractivity contribution is 5.69. The van der Waals surface area contributed by atoms with Crippen molar-refractivity contribution in [2.45, 2.75) is 84.0 Å². The van der Waals surface area contributed by atoms with Gasteiger partial charge in [-0.15, -0.1) is 0 Å². The number of carbonyl (C=O) groups is 1. The first-order valence-corrected chi connectivity index (χ1v) is 8.71. The topological polar surface area (TPSA) is 57.5 Å². The molecule has 0 aliphatic carbocycles. The number of carboxylic acid groups (broad SMARTS) is 1. The van der Waals surface area contributed by atoms with E-state index in [9.17, 15) is 4.79 Å². The normalized spacial score (nSPS) is 12.9. The van der Waals surface area contributed by atoms with Gasteiger partial charge in [-0.2, -0.15) is 0 Å². The van der Waals surface area contributed by atoms with Crippen molar-refractivity contribution in [3.8, 4) is 0 Å². The average Bonchev–Trinajstić information content (AvgIpc) is 2.47. The molecule has 3 nitrogen and oxygen atoms in total. The lowest BCUT2D eigenvalue weighted by atomic mass is 9.98. The van der Waals surface area contributed by atoms with Crippen molar-refractivity contribution in [3.63, 3.8) is 0 Å². The molecule has 0 bridgehead atoms. The third-order valence-electron chi connectivity index (χ3n) is 3.96. The van der Waals surface area contributed by atoms with Gasteiger partial charge >= 0.3 is 5.97 Å². The molecule has 0 saturated carbocycles. The number of aliphatic carboxylic acids is 1. The predicted molar refractivity (Wildman–Crippen MR) is 88.4 cm³/mol. The molecule has 0 aliphatic heterocycles. The van der Waals surface area contributed by atoms with Crippen molar-refractivity contribution in [3.05, 3.63) is 12.2 Å². The minimum absolute atomic E-state index is 0.143. The second-order valence-corrected chi connectivity index (χ2v) is 5.83. The Hall–Kier alpha value is -0.830. The van der Waals surface area contributed by atoms with E-state index in [1.165, 1.54) is 25.7 Å². The Bertz CT molecular complexity index is 261. The molecule has 0 aromatic heterocycles. The highest BCUT2D eigenvalue weighted by Gasteiger charge is 2.13. The fourth-order valence-corrected chi connectivity index (χ4v) is 2.47. The van der Waals surface area contributed by atoms with E-state index >= 15 is 0 Å². The Kier molecular flexibility index (Phi) is 14.9. The molecule has 0 radical (unpaired) electrons. The first-order chi connectivity index (χ1) is 10.2. The first-order valence-electron chi connectivity index (χ1n) is 8.71. The highest BCUT2D eigenvalue weighted by atomic mass is 16.4. The zero-order chi connectivity index (χ0) is 15.8. The van der Waals surface area contributed by atoms with Crippen LogP contribution in [0.15, 0.2) is 12.2 Å². The van der Waals surface area contributed by atoms with Crippen LogP contribution in [0.1, 0.15) is 84.0 Å². The molecule has 0 amide bonds. The predicted octanol–water partition coefficient (Wildman–Crippen LogP) is 4.94. The van der Waals surface area contributed by atoms with Crippen LogP contribution in [-0.2, 0) is 4.79 Å². The molecule has 0 spiro atoms. The second kappa shape index (κ2) is 15.6. The minimum Gasteiger partial charge on any atom is -0.481 e. The van der Waals surface area contributed by atoms with Crippen LogP contribution in [0, 0.1) is 5.92 Å². The number of unbranched alkanes of at least 4 members (excludes halogenated alkanes) is 8. The lowest BCUT2D eigenvalue weighted by molar-refractivity contribution is -0.142. The number of aliphatic hydroxyl groups excluding tert-OH is 1. The van der Waals surface area contributed by atoms with Crippen LogP contribution >= 0.6 is 0 Å². The number of aliphatic hydroxyl groups is 1. The molecule has 2 N–H and O–H groups in total. The molecule has 21 heavy (non-hydrogen) atoms. The van der Waals surface area contributed by atoms with Gasteiger partial charge in [-0.25, -0.2) is 0 Å². The van der Waals surface area contributed by atoms with Gasteiger partial charge in [-0.3, -0.25) is 4.79 Å². The Morgan fingerprint density at radius 2 is 1.43 bits per heavy atom. The summed E-state index contributed by atoms with van der Waals surface area (Å²) >= 11 is 0. The van der Waals surface area contributed by atoms with Crippen LogP contribution < -0.4 is 0 Å². The van der Waals surface area contributed by atoms with E-state index in [2.05, 4.69) is 12.2 Å². The maximum Gasteiger partial charge on any atom is 0.306 e. The largest absolute Gasteiger partial charge is 0.481 e. The fourth-order valence-electron chi connectivity index (χ4n) is 2.47. The van der Waals surface area contributed by atoms with Crippen molar-refractivity contribution in [2.75, 3.05) is 6.61 Å². The number of hydrogen-bond acceptors (Lipinski definition) is 2. The Morgan fingerprint density at radius 1 is 0.905 bits per heavy atom. The molecule has 0 rings (SSSR count). The van der Waals surface area contributed by atoms with E-state index in [-0.39, 0.29) is 5.92 Å². The van der Waals surface area contributed by atoms with E-state index in [1.807, 2.05) is 6.92 Å². The van der Waals surface area contributed by atoms with Crippen molar-refractivity contribution in [1.29, 1.82) is 0 Å². The summed E-state index contributed by atoms with van der Waals surface area (Å²) < 4.78 is 0. The monoisotopic (exact) mass is 298 g/mol. The van der Waals surface area contributed by atoms with Crippen LogP contribution in [-0.4, -0.2) is 22.8 Å². The van der Waals surface area contributed by atoms with E-state index in [0.29, 0.717) is 6.61 Å². The lowest BCUT2D eigenvalue weighted by Crippen LogP contribution is -2.12. The third-order valence-corrected chi connectivity index (χ3v) is 3.96. The van der Waals surface area contributed by atoms with Crippen molar-refractivity contribution < 1.29 is 15.0 Å². The van der Waals surface area contributed by atoms with Gasteiger partial charge in [-0.1, -0.05) is 51.2 Å². The first kappa shape index (κ1) is 20.2. The van der Waals surface area contributed by atoms with Crippen molar-refractivity contribution in [2.24, 2.45) is 5.92 Å². The maximum absolute atomic E-state index is 10.9. The Balaban J connectivity index is 3.26. The maximum atomic E-state index is 10.9. The fraction of sp³-hybridized carbons (Fsp3) is 0.833. The summed E-state index contributed by atoms with van der Waals surface area (Å²) in [5, 5.41) is 17.6. The van der Waals surface area contributed by atoms with Crippen LogP contribution in [0.4, 0.5) is 0 Å². The zero-order valence-corrected chi connectivity index (χ0v) is 13.7. The molecule has 0 aliphatic rings. The average molecular weight is 298 g/mol. The smallest absolute Gasteiger partial charge is 0.306 e. The van der Waals surface area contributed by atoms with E-state index < -0.39 is 5.97 Å². The van der Waals surface area contributed by atoms with E-state index in [4.69, 9.17) is 10.2 Å². The number of allylic oxidation sites excluding steroid dienone is 2. The molecule has 124 valence electrons. The van der Waals surface area contributed by atoms with Crippen LogP contribution in [0.25, 0.3) is 0 Å². The van der Waals surface area contributed by atoms with Gasteiger partial charge in [0.25, 0.3) is 0 Å². The molecule has 1 unspecified atom stereocenters. The van der Waals surface area contributed by atoms with Crippen molar-refractivity contribution >= 4 is 5.97 Å². The molecule has 0 fully saturated rings. The third kappa shape index (κ3) is 13.9. The summed E-state index contributed by atoms with van der Waals surface area (Å²) in [6.07, 6.45) is 17.6. The SMILES string of the molecule is CCC(CCCCCC/C=C/CCCCCCO)C(=O)O. The minimum atomic E-state index is -0.639. The molecular formula is C18H34O3. The van der Waals surface area contributed by atoms with Gasteiger partial charge in [0.05, 0.1) is 5.92 Å². The van der Waals surface area contributed by atoms with Gasteiger partial charge in [-0.05, 0) is 44.9 Å².